The van der Waals surface area contributed by atoms with Crippen LogP contribution in [0.3, 0.4) is 0 Å². The molecule has 1 atom stereocenters. The summed E-state index contributed by atoms with van der Waals surface area (Å²) >= 11 is 0. The molecule has 1 aliphatic rings. The molecule has 2 aromatic heterocycles. The molecule has 0 unspecified atom stereocenters. The quantitative estimate of drug-likeness (QED) is 0.511. The number of pyridine rings is 2. The fourth-order valence-electron chi connectivity index (χ4n) is 3.82. The van der Waals surface area contributed by atoms with Crippen molar-refractivity contribution < 1.29 is 22.7 Å². The zero-order valence-corrected chi connectivity index (χ0v) is 20.4. The molecule has 1 aliphatic heterocycles. The van der Waals surface area contributed by atoms with Crippen LogP contribution in [-0.2, 0) is 10.9 Å². The zero-order valence-electron chi connectivity index (χ0n) is 20.4. The lowest BCUT2D eigenvalue weighted by atomic mass is 9.99. The van der Waals surface area contributed by atoms with Crippen LogP contribution < -0.4 is 16.0 Å². The summed E-state index contributed by atoms with van der Waals surface area (Å²) in [5.74, 6) is 6.04. The molecule has 3 heterocycles. The molecule has 0 bridgehead atoms. The molecule has 192 valence electrons. The van der Waals surface area contributed by atoms with Crippen LogP contribution in [0.25, 0.3) is 11.1 Å². The Morgan fingerprint density at radius 2 is 1.92 bits per heavy atom. The number of alkyl halides is 3. The number of anilines is 2. The minimum atomic E-state index is -4.64. The van der Waals surface area contributed by atoms with Gasteiger partial charge in [0.2, 0.25) is 0 Å². The first-order chi connectivity index (χ1) is 17.6. The second kappa shape index (κ2) is 11.0. The number of benzene rings is 1. The van der Waals surface area contributed by atoms with E-state index in [1.807, 2.05) is 25.1 Å². The normalized spacial score (nSPS) is 14.5. The molecule has 37 heavy (non-hydrogen) atoms. The molecular weight excluding hydrogens is 483 g/mol. The maximum absolute atomic E-state index is 13.0. The number of rotatable bonds is 4. The molecule has 1 amide bonds. The van der Waals surface area contributed by atoms with Gasteiger partial charge in [0, 0.05) is 30.5 Å². The van der Waals surface area contributed by atoms with E-state index in [1.165, 1.54) is 6.07 Å². The highest BCUT2D eigenvalue weighted by atomic mass is 19.4. The van der Waals surface area contributed by atoms with E-state index in [9.17, 15) is 18.0 Å². The topological polar surface area (TPSA) is 93.4 Å². The van der Waals surface area contributed by atoms with Crippen molar-refractivity contribution in [2.45, 2.75) is 26.1 Å². The van der Waals surface area contributed by atoms with Gasteiger partial charge in [-0.1, -0.05) is 12.0 Å². The largest absolute Gasteiger partial charge is 0.433 e. The molecule has 3 aromatic rings. The van der Waals surface area contributed by atoms with Crippen LogP contribution in [0.1, 0.15) is 34.2 Å². The molecule has 0 radical (unpaired) electrons. The number of aromatic nitrogens is 2. The van der Waals surface area contributed by atoms with Crippen LogP contribution in [0.4, 0.5) is 24.7 Å². The first-order valence-corrected chi connectivity index (χ1v) is 11.7. The second-order valence-corrected chi connectivity index (χ2v) is 8.67. The summed E-state index contributed by atoms with van der Waals surface area (Å²) in [6.45, 7) is 6.30. The maximum atomic E-state index is 13.0. The minimum absolute atomic E-state index is 0.142. The molecule has 0 spiro atoms. The Morgan fingerprint density at radius 3 is 2.62 bits per heavy atom. The molecule has 10 heteroatoms. The predicted molar refractivity (Wildman–Crippen MR) is 135 cm³/mol. The number of ether oxygens (including phenoxy) is 1. The van der Waals surface area contributed by atoms with Gasteiger partial charge in [-0.05, 0) is 72.9 Å². The van der Waals surface area contributed by atoms with Gasteiger partial charge in [-0.15, -0.1) is 0 Å². The molecule has 1 fully saturated rings. The lowest BCUT2D eigenvalue weighted by Gasteiger charge is -2.28. The number of hydrogen-bond acceptors (Lipinski definition) is 6. The summed E-state index contributed by atoms with van der Waals surface area (Å²) in [5.41, 5.74) is 8.12. The zero-order chi connectivity index (χ0) is 26.6. The lowest BCUT2D eigenvalue weighted by Crippen LogP contribution is -2.36. The highest BCUT2D eigenvalue weighted by molar-refractivity contribution is 6.04. The number of aryl methyl sites for hydroxylation is 1. The standard InChI is InChI=1S/C27H26F3N5O2/c1-17-3-5-22(34-26(36)19-7-8-32-24(14-19)27(28,29)30)16-23(17)20-13-21(6-4-18(2)31)33-25(15-20)35-9-11-37-12-10-35/h3,5,7-8,13-16,18H,9-12,31H2,1-2H3,(H,34,36)/t18-/m1/s1. The molecule has 1 saturated heterocycles. The van der Waals surface area contributed by atoms with Crippen molar-refractivity contribution in [1.82, 2.24) is 9.97 Å². The van der Waals surface area contributed by atoms with Crippen molar-refractivity contribution in [3.63, 3.8) is 0 Å². The van der Waals surface area contributed by atoms with Crippen LogP contribution in [0.2, 0.25) is 0 Å². The van der Waals surface area contributed by atoms with Gasteiger partial charge in [0.15, 0.2) is 0 Å². The number of nitrogens with zero attached hydrogens (tertiary/aromatic N) is 3. The number of carbonyl (C=O) groups excluding carboxylic acids is 1. The van der Waals surface area contributed by atoms with Crippen molar-refractivity contribution in [3.8, 4) is 23.0 Å². The predicted octanol–water partition coefficient (Wildman–Crippen LogP) is 4.26. The monoisotopic (exact) mass is 509 g/mol. The van der Waals surface area contributed by atoms with Gasteiger partial charge in [0.05, 0.1) is 19.3 Å². The van der Waals surface area contributed by atoms with E-state index in [0.717, 1.165) is 34.8 Å². The Labute approximate surface area is 212 Å². The fourth-order valence-corrected chi connectivity index (χ4v) is 3.82. The molecule has 0 saturated carbocycles. The van der Waals surface area contributed by atoms with E-state index in [1.54, 1.807) is 19.1 Å². The summed E-state index contributed by atoms with van der Waals surface area (Å²) in [6.07, 6.45) is -3.68. The molecular formula is C27H26F3N5O2. The van der Waals surface area contributed by atoms with Gasteiger partial charge < -0.3 is 20.7 Å². The van der Waals surface area contributed by atoms with Crippen molar-refractivity contribution in [3.05, 3.63) is 71.2 Å². The Bertz CT molecular complexity index is 1360. The number of carbonyl (C=O) groups is 1. The number of nitrogens with one attached hydrogen (secondary N) is 1. The summed E-state index contributed by atoms with van der Waals surface area (Å²) < 4.78 is 44.5. The third kappa shape index (κ3) is 6.64. The third-order valence-corrected chi connectivity index (χ3v) is 5.69. The van der Waals surface area contributed by atoms with E-state index < -0.39 is 17.8 Å². The highest BCUT2D eigenvalue weighted by Gasteiger charge is 2.33. The van der Waals surface area contributed by atoms with E-state index >= 15 is 0 Å². The van der Waals surface area contributed by atoms with Gasteiger partial charge in [-0.3, -0.25) is 9.78 Å². The van der Waals surface area contributed by atoms with Gasteiger partial charge in [0.25, 0.3) is 5.91 Å². The summed E-state index contributed by atoms with van der Waals surface area (Å²) in [6, 6.07) is 10.8. The average molecular weight is 510 g/mol. The van der Waals surface area contributed by atoms with Crippen LogP contribution in [0, 0.1) is 18.8 Å². The average Bonchev–Trinajstić information content (AvgIpc) is 2.88. The van der Waals surface area contributed by atoms with Gasteiger partial charge in [0.1, 0.15) is 17.2 Å². The minimum Gasteiger partial charge on any atom is -0.378 e. The second-order valence-electron chi connectivity index (χ2n) is 8.67. The Kier molecular flexibility index (Phi) is 7.76. The molecule has 1 aromatic carbocycles. The van der Waals surface area contributed by atoms with Crippen LogP contribution >= 0.6 is 0 Å². The number of morpholine rings is 1. The van der Waals surface area contributed by atoms with Crippen LogP contribution in [-0.4, -0.2) is 48.2 Å². The number of nitrogens with two attached hydrogens (primary N) is 1. The molecule has 7 nitrogen and oxygen atoms in total. The highest BCUT2D eigenvalue weighted by Crippen LogP contribution is 2.31. The molecule has 4 rings (SSSR count). The maximum Gasteiger partial charge on any atom is 0.433 e. The van der Waals surface area contributed by atoms with E-state index in [2.05, 4.69) is 27.0 Å². The Balaban J connectivity index is 1.68. The van der Waals surface area contributed by atoms with Gasteiger partial charge in [-0.25, -0.2) is 4.98 Å². The Morgan fingerprint density at radius 1 is 1.16 bits per heavy atom. The van der Waals surface area contributed by atoms with Crippen molar-refractivity contribution in [2.75, 3.05) is 36.5 Å². The Hall–Kier alpha value is -3.94. The summed E-state index contributed by atoms with van der Waals surface area (Å²) in [5, 5.41) is 2.69. The van der Waals surface area contributed by atoms with Crippen LogP contribution in [0.15, 0.2) is 48.7 Å². The molecule has 3 N–H and O–H groups in total. The van der Waals surface area contributed by atoms with E-state index in [4.69, 9.17) is 15.5 Å². The number of halogens is 3. The van der Waals surface area contributed by atoms with E-state index in [0.29, 0.717) is 37.7 Å². The van der Waals surface area contributed by atoms with Crippen LogP contribution in [0.5, 0.6) is 0 Å². The number of amides is 1. The van der Waals surface area contributed by atoms with Crippen molar-refractivity contribution in [1.29, 1.82) is 0 Å². The SMILES string of the molecule is Cc1ccc(NC(=O)c2ccnc(C(F)(F)F)c2)cc1-c1cc(C#C[C@@H](C)N)nc(N2CCOCC2)c1. The summed E-state index contributed by atoms with van der Waals surface area (Å²) in [4.78, 5) is 22.8. The first-order valence-electron chi connectivity index (χ1n) is 11.7. The van der Waals surface area contributed by atoms with Gasteiger partial charge >= 0.3 is 6.18 Å². The summed E-state index contributed by atoms with van der Waals surface area (Å²) in [7, 11) is 0. The van der Waals surface area contributed by atoms with Gasteiger partial charge in [-0.2, -0.15) is 13.2 Å². The van der Waals surface area contributed by atoms with Crippen molar-refractivity contribution in [2.24, 2.45) is 5.73 Å². The number of hydrogen-bond donors (Lipinski definition) is 2. The molecule has 0 aliphatic carbocycles. The lowest BCUT2D eigenvalue weighted by molar-refractivity contribution is -0.141. The first kappa shape index (κ1) is 26.1. The van der Waals surface area contributed by atoms with Crippen molar-refractivity contribution >= 4 is 17.4 Å². The fraction of sp³-hybridized carbons (Fsp3) is 0.296. The van der Waals surface area contributed by atoms with E-state index in [-0.39, 0.29) is 11.6 Å². The third-order valence-electron chi connectivity index (χ3n) is 5.69. The smallest absolute Gasteiger partial charge is 0.378 e.